The first-order valence-electron chi connectivity index (χ1n) is 5.70. The summed E-state index contributed by atoms with van der Waals surface area (Å²) in [5.41, 5.74) is 0.708. The number of aromatic nitrogens is 2. The fourth-order valence-electron chi connectivity index (χ4n) is 2.02. The normalized spacial score (nSPS) is 10.7. The van der Waals surface area contributed by atoms with E-state index in [4.69, 9.17) is 0 Å². The maximum Gasteiger partial charge on any atom is 0.362 e. The molecular formula is C14H10N2O3. The van der Waals surface area contributed by atoms with Gasteiger partial charge in [-0.05, 0) is 23.3 Å². The number of hydrogen-bond donors (Lipinski definition) is 2. The van der Waals surface area contributed by atoms with E-state index in [2.05, 4.69) is 4.98 Å². The highest BCUT2D eigenvalue weighted by Gasteiger charge is 2.07. The van der Waals surface area contributed by atoms with E-state index in [0.29, 0.717) is 5.52 Å². The van der Waals surface area contributed by atoms with Crippen LogP contribution in [-0.4, -0.2) is 14.9 Å². The number of H-pyrrole nitrogens is 1. The second-order valence-electron chi connectivity index (χ2n) is 4.17. The Balaban J connectivity index is 2.31. The monoisotopic (exact) mass is 254 g/mol. The quantitative estimate of drug-likeness (QED) is 0.647. The number of aromatic amines is 1. The molecule has 2 N–H and O–H groups in total. The zero-order chi connectivity index (χ0) is 13.4. The summed E-state index contributed by atoms with van der Waals surface area (Å²) < 4.78 is 0.0739. The lowest BCUT2D eigenvalue weighted by Crippen LogP contribution is -2.33. The molecule has 0 aliphatic heterocycles. The first-order valence-corrected chi connectivity index (χ1v) is 5.70. The van der Waals surface area contributed by atoms with Gasteiger partial charge in [0.15, 0.2) is 0 Å². The van der Waals surface area contributed by atoms with Crippen LogP contribution in [0.5, 0.6) is 0 Å². The number of nitrogens with one attached hydrogen (secondary N) is 1. The summed E-state index contributed by atoms with van der Waals surface area (Å²) in [7, 11) is 0. The van der Waals surface area contributed by atoms with E-state index >= 15 is 0 Å². The first-order chi connectivity index (χ1) is 9.16. The highest BCUT2D eigenvalue weighted by molar-refractivity contribution is 5.83. The van der Waals surface area contributed by atoms with Crippen molar-refractivity contribution < 1.29 is 5.21 Å². The highest BCUT2D eigenvalue weighted by Crippen LogP contribution is 2.21. The molecule has 0 saturated heterocycles. The van der Waals surface area contributed by atoms with E-state index in [1.807, 2.05) is 30.3 Å². The minimum absolute atomic E-state index is 0.0739. The lowest BCUT2D eigenvalue weighted by molar-refractivity contribution is 0.162. The molecule has 0 fully saturated rings. The van der Waals surface area contributed by atoms with Crippen LogP contribution in [0.2, 0.25) is 0 Å². The summed E-state index contributed by atoms with van der Waals surface area (Å²) in [5, 5.41) is 9.52. The van der Waals surface area contributed by atoms with Crippen LogP contribution >= 0.6 is 0 Å². The van der Waals surface area contributed by atoms with Gasteiger partial charge in [0, 0.05) is 0 Å². The highest BCUT2D eigenvalue weighted by atomic mass is 16.5. The fraction of sp³-hybridized carbons (Fsp3) is 0. The van der Waals surface area contributed by atoms with Crippen LogP contribution in [0.4, 0.5) is 0 Å². The van der Waals surface area contributed by atoms with E-state index in [9.17, 15) is 14.8 Å². The topological polar surface area (TPSA) is 75.1 Å². The molecule has 0 unspecified atom stereocenters. The van der Waals surface area contributed by atoms with Crippen molar-refractivity contribution in [3.05, 3.63) is 69.4 Å². The molecule has 3 rings (SSSR count). The molecule has 0 atom stereocenters. The molecule has 0 spiro atoms. The second-order valence-corrected chi connectivity index (χ2v) is 4.17. The van der Waals surface area contributed by atoms with Crippen molar-refractivity contribution in [2.75, 3.05) is 0 Å². The molecule has 94 valence electrons. The van der Waals surface area contributed by atoms with Crippen molar-refractivity contribution >= 4 is 10.9 Å². The van der Waals surface area contributed by atoms with Gasteiger partial charge in [0.1, 0.15) is 0 Å². The van der Waals surface area contributed by atoms with Crippen LogP contribution in [0.3, 0.4) is 0 Å². The summed E-state index contributed by atoms with van der Waals surface area (Å²) >= 11 is 0. The Morgan fingerprint density at radius 2 is 1.68 bits per heavy atom. The Bertz CT molecular complexity index is 863. The Labute approximate surface area is 107 Å². The number of benzene rings is 2. The molecule has 1 aromatic heterocycles. The van der Waals surface area contributed by atoms with Gasteiger partial charge in [-0.15, -0.1) is 0 Å². The van der Waals surface area contributed by atoms with E-state index in [0.717, 1.165) is 11.1 Å². The molecule has 0 bridgehead atoms. The molecule has 1 heterocycles. The van der Waals surface area contributed by atoms with Gasteiger partial charge in [0.05, 0.1) is 10.9 Å². The van der Waals surface area contributed by atoms with E-state index in [-0.39, 0.29) is 10.1 Å². The van der Waals surface area contributed by atoms with Crippen molar-refractivity contribution in [3.63, 3.8) is 0 Å². The molecule has 0 saturated carbocycles. The van der Waals surface area contributed by atoms with Crippen molar-refractivity contribution in [2.45, 2.75) is 0 Å². The van der Waals surface area contributed by atoms with Gasteiger partial charge in [-0.3, -0.25) is 4.79 Å². The number of rotatable bonds is 1. The average Bonchev–Trinajstić information content (AvgIpc) is 2.45. The van der Waals surface area contributed by atoms with Gasteiger partial charge in [-0.25, -0.2) is 4.79 Å². The zero-order valence-corrected chi connectivity index (χ0v) is 9.83. The summed E-state index contributed by atoms with van der Waals surface area (Å²) in [6.07, 6.45) is 0. The van der Waals surface area contributed by atoms with Crippen LogP contribution in [0, 0.1) is 0 Å². The SMILES string of the molecule is O=c1[nH]c2cc(-c3ccccc3)ccc2c(=O)n1O. The van der Waals surface area contributed by atoms with E-state index in [1.165, 1.54) is 0 Å². The van der Waals surface area contributed by atoms with Gasteiger partial charge >= 0.3 is 5.69 Å². The molecule has 5 nitrogen and oxygen atoms in total. The minimum atomic E-state index is -0.845. The summed E-state index contributed by atoms with van der Waals surface area (Å²) in [5.74, 6) is 0. The van der Waals surface area contributed by atoms with Crippen LogP contribution in [0.25, 0.3) is 22.0 Å². The summed E-state index contributed by atoms with van der Waals surface area (Å²) in [6, 6.07) is 14.7. The van der Waals surface area contributed by atoms with Crippen molar-refractivity contribution in [2.24, 2.45) is 0 Å². The van der Waals surface area contributed by atoms with Crippen LogP contribution in [-0.2, 0) is 0 Å². The van der Waals surface area contributed by atoms with E-state index < -0.39 is 11.2 Å². The van der Waals surface area contributed by atoms with Gasteiger partial charge in [0.25, 0.3) is 5.56 Å². The summed E-state index contributed by atoms with van der Waals surface area (Å²) in [6.45, 7) is 0. The van der Waals surface area contributed by atoms with Gasteiger partial charge in [0.2, 0.25) is 0 Å². The molecule has 2 aromatic carbocycles. The van der Waals surface area contributed by atoms with Crippen molar-refractivity contribution in [1.29, 1.82) is 0 Å². The van der Waals surface area contributed by atoms with Gasteiger partial charge in [-0.2, -0.15) is 0 Å². The molecule has 5 heteroatoms. The third-order valence-corrected chi connectivity index (χ3v) is 2.98. The van der Waals surface area contributed by atoms with Crippen molar-refractivity contribution in [1.82, 2.24) is 9.71 Å². The molecule has 3 aromatic rings. The standard InChI is InChI=1S/C14H10N2O3/c17-13-11-7-6-10(9-4-2-1-3-5-9)8-12(11)15-14(18)16(13)19/h1-8,19H,(H,15,18). The van der Waals surface area contributed by atoms with E-state index in [1.54, 1.807) is 18.2 Å². The molecule has 0 radical (unpaired) electrons. The van der Waals surface area contributed by atoms with Crippen molar-refractivity contribution in [3.8, 4) is 11.1 Å². The molecule has 0 aliphatic carbocycles. The molecule has 0 aliphatic rings. The molecule has 0 amide bonds. The second kappa shape index (κ2) is 4.13. The van der Waals surface area contributed by atoms with Crippen LogP contribution < -0.4 is 11.2 Å². The number of nitrogens with zero attached hydrogens (tertiary/aromatic N) is 1. The smallest absolute Gasteiger partial charge is 0.362 e. The number of fused-ring (bicyclic) bond motifs is 1. The predicted octanol–water partition coefficient (Wildman–Crippen LogP) is 1.59. The molecular weight excluding hydrogens is 244 g/mol. The third-order valence-electron chi connectivity index (χ3n) is 2.98. The maximum atomic E-state index is 11.7. The minimum Gasteiger partial charge on any atom is -0.421 e. The Morgan fingerprint density at radius 3 is 2.42 bits per heavy atom. The largest absolute Gasteiger partial charge is 0.421 e. The van der Waals surface area contributed by atoms with Gasteiger partial charge < -0.3 is 10.2 Å². The zero-order valence-electron chi connectivity index (χ0n) is 9.83. The predicted molar refractivity (Wildman–Crippen MR) is 71.4 cm³/mol. The first kappa shape index (κ1) is 11.3. The fourth-order valence-corrected chi connectivity index (χ4v) is 2.02. The average molecular weight is 254 g/mol. The molecule has 19 heavy (non-hydrogen) atoms. The summed E-state index contributed by atoms with van der Waals surface area (Å²) in [4.78, 5) is 25.5. The Morgan fingerprint density at radius 1 is 0.947 bits per heavy atom. The van der Waals surface area contributed by atoms with Crippen LogP contribution in [0.1, 0.15) is 0 Å². The Hall–Kier alpha value is -2.82. The Kier molecular flexibility index (Phi) is 2.45. The third kappa shape index (κ3) is 1.81. The van der Waals surface area contributed by atoms with Crippen LogP contribution in [0.15, 0.2) is 58.1 Å². The lowest BCUT2D eigenvalue weighted by atomic mass is 10.0. The maximum absolute atomic E-state index is 11.7. The van der Waals surface area contributed by atoms with Gasteiger partial charge in [-0.1, -0.05) is 41.1 Å². The lowest BCUT2D eigenvalue weighted by Gasteiger charge is -2.04. The number of hydrogen-bond acceptors (Lipinski definition) is 3.